The smallest absolute Gasteiger partial charge is 0.272 e. The minimum Gasteiger partial charge on any atom is -0.337 e. The van der Waals surface area contributed by atoms with Crippen molar-refractivity contribution in [2.24, 2.45) is 5.92 Å². The molecule has 2 atom stereocenters. The minimum absolute atomic E-state index is 0.0676. The number of aromatic nitrogens is 1. The van der Waals surface area contributed by atoms with E-state index in [9.17, 15) is 4.79 Å². The third-order valence-electron chi connectivity index (χ3n) is 4.09. The fourth-order valence-electron chi connectivity index (χ4n) is 2.88. The second kappa shape index (κ2) is 7.39. The van der Waals surface area contributed by atoms with Crippen molar-refractivity contribution in [3.63, 3.8) is 0 Å². The summed E-state index contributed by atoms with van der Waals surface area (Å²) in [5.41, 5.74) is 0.558. The van der Waals surface area contributed by atoms with Crippen LogP contribution in [0, 0.1) is 5.92 Å². The van der Waals surface area contributed by atoms with Gasteiger partial charge in [-0.1, -0.05) is 26.3 Å². The third kappa shape index (κ3) is 3.57. The van der Waals surface area contributed by atoms with E-state index in [1.807, 2.05) is 17.0 Å². The first kappa shape index (κ1) is 15.0. The zero-order valence-electron chi connectivity index (χ0n) is 12.5. The van der Waals surface area contributed by atoms with Gasteiger partial charge in [-0.3, -0.25) is 9.78 Å². The van der Waals surface area contributed by atoms with Crippen molar-refractivity contribution < 1.29 is 4.79 Å². The molecule has 0 aromatic carbocycles. The van der Waals surface area contributed by atoms with E-state index >= 15 is 0 Å². The average molecular weight is 275 g/mol. The van der Waals surface area contributed by atoms with E-state index < -0.39 is 0 Å². The lowest BCUT2D eigenvalue weighted by molar-refractivity contribution is 0.0621. The molecule has 0 bridgehead atoms. The lowest BCUT2D eigenvalue weighted by atomic mass is 9.89. The summed E-state index contributed by atoms with van der Waals surface area (Å²) in [5, 5.41) is 3.62. The van der Waals surface area contributed by atoms with Gasteiger partial charge in [-0.25, -0.2) is 0 Å². The van der Waals surface area contributed by atoms with Crippen molar-refractivity contribution in [2.75, 3.05) is 19.6 Å². The SMILES string of the molecule is CCCNC1CCN(C(=O)c2ccccn2)CC1CC. The van der Waals surface area contributed by atoms with Gasteiger partial charge in [0, 0.05) is 25.3 Å². The minimum atomic E-state index is 0.0676. The topological polar surface area (TPSA) is 45.2 Å². The first-order valence-electron chi connectivity index (χ1n) is 7.70. The quantitative estimate of drug-likeness (QED) is 0.897. The Labute approximate surface area is 121 Å². The lowest BCUT2D eigenvalue weighted by Crippen LogP contribution is -2.51. The summed E-state index contributed by atoms with van der Waals surface area (Å²) in [6.45, 7) is 7.13. The Kier molecular flexibility index (Phi) is 5.53. The number of carbonyl (C=O) groups is 1. The maximum Gasteiger partial charge on any atom is 0.272 e. The number of nitrogens with one attached hydrogen (secondary N) is 1. The van der Waals surface area contributed by atoms with Gasteiger partial charge in [-0.2, -0.15) is 0 Å². The van der Waals surface area contributed by atoms with Gasteiger partial charge in [0.2, 0.25) is 0 Å². The van der Waals surface area contributed by atoms with Crippen LogP contribution in [0.1, 0.15) is 43.6 Å². The number of pyridine rings is 1. The third-order valence-corrected chi connectivity index (χ3v) is 4.09. The Balaban J connectivity index is 1.97. The molecule has 4 nitrogen and oxygen atoms in total. The number of hydrogen-bond acceptors (Lipinski definition) is 3. The highest BCUT2D eigenvalue weighted by molar-refractivity contribution is 5.92. The van der Waals surface area contributed by atoms with Crippen LogP contribution in [-0.4, -0.2) is 41.5 Å². The molecular weight excluding hydrogens is 250 g/mol. The molecule has 0 spiro atoms. The molecule has 20 heavy (non-hydrogen) atoms. The Bertz CT molecular complexity index is 421. The second-order valence-electron chi connectivity index (χ2n) is 5.48. The highest BCUT2D eigenvalue weighted by Gasteiger charge is 2.30. The van der Waals surface area contributed by atoms with Gasteiger partial charge in [0.15, 0.2) is 0 Å². The fraction of sp³-hybridized carbons (Fsp3) is 0.625. The van der Waals surface area contributed by atoms with Crippen LogP contribution in [0.25, 0.3) is 0 Å². The maximum absolute atomic E-state index is 12.4. The van der Waals surface area contributed by atoms with Gasteiger partial charge in [0.25, 0.3) is 5.91 Å². The summed E-state index contributed by atoms with van der Waals surface area (Å²) in [6.07, 6.45) is 4.98. The summed E-state index contributed by atoms with van der Waals surface area (Å²) in [7, 11) is 0. The number of rotatable bonds is 5. The van der Waals surface area contributed by atoms with Crippen LogP contribution in [0.4, 0.5) is 0 Å². The first-order valence-corrected chi connectivity index (χ1v) is 7.70. The summed E-state index contributed by atoms with van der Waals surface area (Å²) >= 11 is 0. The van der Waals surface area contributed by atoms with Crippen molar-refractivity contribution >= 4 is 5.91 Å². The van der Waals surface area contributed by atoms with E-state index in [4.69, 9.17) is 0 Å². The molecule has 1 amide bonds. The van der Waals surface area contributed by atoms with E-state index in [0.29, 0.717) is 17.7 Å². The van der Waals surface area contributed by atoms with Crippen LogP contribution in [0.5, 0.6) is 0 Å². The summed E-state index contributed by atoms with van der Waals surface area (Å²) in [4.78, 5) is 18.6. The first-order chi connectivity index (χ1) is 9.76. The van der Waals surface area contributed by atoms with E-state index in [1.165, 1.54) is 0 Å². The van der Waals surface area contributed by atoms with Crippen LogP contribution < -0.4 is 5.32 Å². The number of amides is 1. The van der Waals surface area contributed by atoms with Gasteiger partial charge in [0.05, 0.1) is 0 Å². The summed E-state index contributed by atoms with van der Waals surface area (Å²) in [6, 6.07) is 6.05. The zero-order valence-corrected chi connectivity index (χ0v) is 12.5. The molecule has 1 fully saturated rings. The van der Waals surface area contributed by atoms with Crippen molar-refractivity contribution in [1.82, 2.24) is 15.2 Å². The van der Waals surface area contributed by atoms with Crippen LogP contribution in [0.15, 0.2) is 24.4 Å². The van der Waals surface area contributed by atoms with Crippen molar-refractivity contribution in [3.05, 3.63) is 30.1 Å². The fourth-order valence-corrected chi connectivity index (χ4v) is 2.88. The van der Waals surface area contributed by atoms with Gasteiger partial charge in [0.1, 0.15) is 5.69 Å². The Morgan fingerprint density at radius 2 is 2.30 bits per heavy atom. The molecule has 2 heterocycles. The predicted molar refractivity (Wildman–Crippen MR) is 80.6 cm³/mol. The van der Waals surface area contributed by atoms with Crippen LogP contribution in [0.2, 0.25) is 0 Å². The summed E-state index contributed by atoms with van der Waals surface area (Å²) in [5.74, 6) is 0.612. The van der Waals surface area contributed by atoms with Crippen LogP contribution >= 0.6 is 0 Å². The number of nitrogens with zero attached hydrogens (tertiary/aromatic N) is 2. The number of hydrogen-bond donors (Lipinski definition) is 1. The number of carbonyl (C=O) groups excluding carboxylic acids is 1. The Morgan fingerprint density at radius 3 is 2.95 bits per heavy atom. The van der Waals surface area contributed by atoms with Crippen molar-refractivity contribution in [1.29, 1.82) is 0 Å². The van der Waals surface area contributed by atoms with Crippen molar-refractivity contribution in [2.45, 2.75) is 39.2 Å². The molecule has 1 aliphatic heterocycles. The molecule has 1 saturated heterocycles. The lowest BCUT2D eigenvalue weighted by Gasteiger charge is -2.38. The van der Waals surface area contributed by atoms with E-state index in [1.54, 1.807) is 12.3 Å². The van der Waals surface area contributed by atoms with Gasteiger partial charge in [-0.05, 0) is 37.4 Å². The predicted octanol–water partition coefficient (Wildman–Crippen LogP) is 2.32. The zero-order chi connectivity index (χ0) is 14.4. The molecular formula is C16H25N3O. The molecule has 1 aliphatic rings. The molecule has 2 unspecified atom stereocenters. The molecule has 4 heteroatoms. The molecule has 1 aromatic rings. The molecule has 110 valence electrons. The Morgan fingerprint density at radius 1 is 1.45 bits per heavy atom. The molecule has 0 saturated carbocycles. The van der Waals surface area contributed by atoms with E-state index in [2.05, 4.69) is 24.1 Å². The largest absolute Gasteiger partial charge is 0.337 e. The molecule has 1 N–H and O–H groups in total. The van der Waals surface area contributed by atoms with Crippen LogP contribution in [-0.2, 0) is 0 Å². The summed E-state index contributed by atoms with van der Waals surface area (Å²) < 4.78 is 0. The van der Waals surface area contributed by atoms with Gasteiger partial charge < -0.3 is 10.2 Å². The van der Waals surface area contributed by atoms with Crippen LogP contribution in [0.3, 0.4) is 0 Å². The molecule has 1 aromatic heterocycles. The Hall–Kier alpha value is -1.42. The number of piperidine rings is 1. The molecule has 2 rings (SSSR count). The van der Waals surface area contributed by atoms with E-state index in [-0.39, 0.29) is 5.91 Å². The highest BCUT2D eigenvalue weighted by Crippen LogP contribution is 2.21. The van der Waals surface area contributed by atoms with Gasteiger partial charge in [-0.15, -0.1) is 0 Å². The maximum atomic E-state index is 12.4. The average Bonchev–Trinajstić information content (AvgIpc) is 2.52. The normalized spacial score (nSPS) is 22.8. The molecule has 0 radical (unpaired) electrons. The highest BCUT2D eigenvalue weighted by atomic mass is 16.2. The monoisotopic (exact) mass is 275 g/mol. The standard InChI is InChI=1S/C16H25N3O/c1-3-9-17-14-8-11-19(12-13(14)4-2)16(20)15-7-5-6-10-18-15/h5-7,10,13-14,17H,3-4,8-9,11-12H2,1-2H3. The van der Waals surface area contributed by atoms with E-state index in [0.717, 1.165) is 38.9 Å². The van der Waals surface area contributed by atoms with Gasteiger partial charge >= 0.3 is 0 Å². The second-order valence-corrected chi connectivity index (χ2v) is 5.48. The number of likely N-dealkylation sites (tertiary alicyclic amines) is 1. The van der Waals surface area contributed by atoms with Crippen molar-refractivity contribution in [3.8, 4) is 0 Å². The molecule has 0 aliphatic carbocycles.